The summed E-state index contributed by atoms with van der Waals surface area (Å²) in [4.78, 5) is 26.8. The van der Waals surface area contributed by atoms with E-state index >= 15 is 0 Å². The van der Waals surface area contributed by atoms with Crippen LogP contribution in [0, 0.1) is 5.41 Å². The van der Waals surface area contributed by atoms with Crippen LogP contribution in [0.3, 0.4) is 0 Å². The van der Waals surface area contributed by atoms with Gasteiger partial charge in [-0.2, -0.15) is 0 Å². The molecule has 0 aliphatic carbocycles. The minimum Gasteiger partial charge on any atom is -0.481 e. The molecule has 1 aliphatic heterocycles. The number of rotatable bonds is 3. The zero-order valence-corrected chi connectivity index (χ0v) is 11.6. The largest absolute Gasteiger partial charge is 0.481 e. The fraction of sp³-hybridized carbons (Fsp3) is 0.333. The summed E-state index contributed by atoms with van der Waals surface area (Å²) in [7, 11) is 0. The van der Waals surface area contributed by atoms with Gasteiger partial charge >= 0.3 is 5.97 Å². The van der Waals surface area contributed by atoms with E-state index in [4.69, 9.17) is 4.74 Å². The van der Waals surface area contributed by atoms with E-state index < -0.39 is 17.4 Å². The summed E-state index contributed by atoms with van der Waals surface area (Å²) < 4.78 is 5.24. The highest BCUT2D eigenvalue weighted by molar-refractivity contribution is 6.07. The van der Waals surface area contributed by atoms with Crippen LogP contribution in [0.2, 0.25) is 0 Å². The lowest BCUT2D eigenvalue weighted by molar-refractivity contribution is -0.148. The van der Waals surface area contributed by atoms with Crippen LogP contribution in [0.5, 0.6) is 0 Å². The van der Waals surface area contributed by atoms with Crippen LogP contribution >= 0.6 is 0 Å². The SMILES string of the molecule is CC1(C(=O)O)COCC1NC(=O)c1c[nH]c2ccccc12. The number of carbonyl (C=O) groups is 2. The number of carboxylic acids is 1. The van der Waals surface area contributed by atoms with Gasteiger partial charge in [0.15, 0.2) is 0 Å². The number of amides is 1. The van der Waals surface area contributed by atoms with Crippen molar-refractivity contribution in [2.24, 2.45) is 5.41 Å². The summed E-state index contributed by atoms with van der Waals surface area (Å²) in [5.41, 5.74) is 0.276. The van der Waals surface area contributed by atoms with E-state index in [2.05, 4.69) is 10.3 Å². The van der Waals surface area contributed by atoms with Crippen molar-refractivity contribution in [3.05, 3.63) is 36.0 Å². The number of benzene rings is 1. The lowest BCUT2D eigenvalue weighted by atomic mass is 9.85. The van der Waals surface area contributed by atoms with Crippen molar-refractivity contribution in [1.82, 2.24) is 10.3 Å². The lowest BCUT2D eigenvalue weighted by Gasteiger charge is -2.25. The molecule has 1 aliphatic rings. The third kappa shape index (κ3) is 2.17. The van der Waals surface area contributed by atoms with Gasteiger partial charge in [-0.15, -0.1) is 0 Å². The normalized spacial score (nSPS) is 25.1. The zero-order chi connectivity index (χ0) is 15.0. The maximum Gasteiger partial charge on any atom is 0.313 e. The molecule has 3 rings (SSSR count). The maximum atomic E-state index is 12.4. The fourth-order valence-corrected chi connectivity index (χ4v) is 2.58. The lowest BCUT2D eigenvalue weighted by Crippen LogP contribution is -2.49. The van der Waals surface area contributed by atoms with Crippen LogP contribution in [0.1, 0.15) is 17.3 Å². The van der Waals surface area contributed by atoms with Gasteiger partial charge in [0.05, 0.1) is 24.8 Å². The molecular weight excluding hydrogens is 272 g/mol. The predicted octanol–water partition coefficient (Wildman–Crippen LogP) is 1.39. The van der Waals surface area contributed by atoms with Gasteiger partial charge in [-0.05, 0) is 13.0 Å². The number of nitrogens with one attached hydrogen (secondary N) is 2. The average molecular weight is 288 g/mol. The van der Waals surface area contributed by atoms with Crippen LogP contribution in [-0.2, 0) is 9.53 Å². The molecule has 1 amide bonds. The van der Waals surface area contributed by atoms with Crippen molar-refractivity contribution in [1.29, 1.82) is 0 Å². The molecule has 0 radical (unpaired) electrons. The number of hydrogen-bond acceptors (Lipinski definition) is 3. The Balaban J connectivity index is 1.85. The molecule has 0 saturated carbocycles. The first kappa shape index (κ1) is 13.6. The van der Waals surface area contributed by atoms with E-state index in [0.29, 0.717) is 5.56 Å². The number of carboxylic acid groups (broad SMARTS) is 1. The summed E-state index contributed by atoms with van der Waals surface area (Å²) >= 11 is 0. The minimum absolute atomic E-state index is 0.0984. The van der Waals surface area contributed by atoms with Gasteiger partial charge in [-0.3, -0.25) is 9.59 Å². The Kier molecular flexibility index (Phi) is 3.17. The van der Waals surface area contributed by atoms with Gasteiger partial charge in [0.2, 0.25) is 0 Å². The predicted molar refractivity (Wildman–Crippen MR) is 76.1 cm³/mol. The highest BCUT2D eigenvalue weighted by Crippen LogP contribution is 2.29. The molecule has 3 N–H and O–H groups in total. The van der Waals surface area contributed by atoms with Crippen LogP contribution in [-0.4, -0.2) is 41.2 Å². The molecular formula is C15H16N2O4. The Bertz CT molecular complexity index is 709. The van der Waals surface area contributed by atoms with Gasteiger partial charge in [-0.1, -0.05) is 18.2 Å². The van der Waals surface area contributed by atoms with Crippen molar-refractivity contribution in [3.8, 4) is 0 Å². The fourth-order valence-electron chi connectivity index (χ4n) is 2.58. The molecule has 2 aromatic rings. The van der Waals surface area contributed by atoms with Crippen LogP contribution in [0.15, 0.2) is 30.5 Å². The Morgan fingerprint density at radius 1 is 1.43 bits per heavy atom. The molecule has 2 unspecified atom stereocenters. The summed E-state index contributed by atoms with van der Waals surface area (Å²) in [6.45, 7) is 1.89. The highest BCUT2D eigenvalue weighted by Gasteiger charge is 2.47. The van der Waals surface area contributed by atoms with E-state index in [0.717, 1.165) is 10.9 Å². The summed E-state index contributed by atoms with van der Waals surface area (Å²) in [5.74, 6) is -1.26. The molecule has 21 heavy (non-hydrogen) atoms. The molecule has 2 heterocycles. The third-order valence-corrected chi connectivity index (χ3v) is 4.08. The second kappa shape index (κ2) is 4.89. The number of para-hydroxylation sites is 1. The van der Waals surface area contributed by atoms with Crippen molar-refractivity contribution >= 4 is 22.8 Å². The first-order valence-electron chi connectivity index (χ1n) is 6.70. The molecule has 0 bridgehead atoms. The van der Waals surface area contributed by atoms with E-state index in [-0.39, 0.29) is 19.1 Å². The number of aromatic amines is 1. The first-order valence-corrected chi connectivity index (χ1v) is 6.70. The molecule has 1 fully saturated rings. The standard InChI is InChI=1S/C15H16N2O4/c1-15(14(19)20)8-21-7-12(15)17-13(18)10-6-16-11-5-3-2-4-9(10)11/h2-6,12,16H,7-8H2,1H3,(H,17,18)(H,19,20). The van der Waals surface area contributed by atoms with Crippen molar-refractivity contribution in [2.75, 3.05) is 13.2 Å². The number of hydrogen-bond donors (Lipinski definition) is 3. The third-order valence-electron chi connectivity index (χ3n) is 4.08. The zero-order valence-electron chi connectivity index (χ0n) is 11.6. The summed E-state index contributed by atoms with van der Waals surface area (Å²) in [6.07, 6.45) is 1.63. The van der Waals surface area contributed by atoms with E-state index in [9.17, 15) is 14.7 Å². The van der Waals surface area contributed by atoms with Gasteiger partial charge in [0.25, 0.3) is 5.91 Å². The number of aromatic nitrogens is 1. The van der Waals surface area contributed by atoms with Crippen LogP contribution in [0.4, 0.5) is 0 Å². The Labute approximate surface area is 121 Å². The number of aliphatic carboxylic acids is 1. The topological polar surface area (TPSA) is 91.4 Å². The molecule has 2 atom stereocenters. The molecule has 1 saturated heterocycles. The van der Waals surface area contributed by atoms with Gasteiger partial charge in [0.1, 0.15) is 5.41 Å². The quantitative estimate of drug-likeness (QED) is 0.796. The molecule has 6 heteroatoms. The van der Waals surface area contributed by atoms with E-state index in [1.807, 2.05) is 24.3 Å². The molecule has 1 aromatic carbocycles. The average Bonchev–Trinajstić information content (AvgIpc) is 3.04. The minimum atomic E-state index is -1.10. The van der Waals surface area contributed by atoms with Crippen molar-refractivity contribution in [3.63, 3.8) is 0 Å². The molecule has 6 nitrogen and oxygen atoms in total. The highest BCUT2D eigenvalue weighted by atomic mass is 16.5. The van der Waals surface area contributed by atoms with Crippen LogP contribution in [0.25, 0.3) is 10.9 Å². The Morgan fingerprint density at radius 2 is 2.19 bits per heavy atom. The Morgan fingerprint density at radius 3 is 2.95 bits per heavy atom. The summed E-state index contributed by atoms with van der Waals surface area (Å²) in [6, 6.07) is 6.92. The van der Waals surface area contributed by atoms with Crippen LogP contribution < -0.4 is 5.32 Å². The van der Waals surface area contributed by atoms with E-state index in [1.54, 1.807) is 13.1 Å². The second-order valence-electron chi connectivity index (χ2n) is 5.51. The van der Waals surface area contributed by atoms with Crippen molar-refractivity contribution < 1.29 is 19.4 Å². The second-order valence-corrected chi connectivity index (χ2v) is 5.51. The first-order chi connectivity index (χ1) is 10.0. The van der Waals surface area contributed by atoms with Gasteiger partial charge in [0, 0.05) is 17.1 Å². The summed E-state index contributed by atoms with van der Waals surface area (Å²) in [5, 5.41) is 12.9. The number of ether oxygens (including phenoxy) is 1. The number of fused-ring (bicyclic) bond motifs is 1. The van der Waals surface area contributed by atoms with E-state index in [1.165, 1.54) is 0 Å². The Hall–Kier alpha value is -2.34. The van der Waals surface area contributed by atoms with Gasteiger partial charge in [-0.25, -0.2) is 0 Å². The number of H-pyrrole nitrogens is 1. The number of carbonyl (C=O) groups excluding carboxylic acids is 1. The van der Waals surface area contributed by atoms with Crippen molar-refractivity contribution in [2.45, 2.75) is 13.0 Å². The van der Waals surface area contributed by atoms with Gasteiger partial charge < -0.3 is 20.1 Å². The maximum absolute atomic E-state index is 12.4. The smallest absolute Gasteiger partial charge is 0.313 e. The molecule has 0 spiro atoms. The monoisotopic (exact) mass is 288 g/mol. The molecule has 1 aromatic heterocycles. The molecule has 110 valence electrons.